The van der Waals surface area contributed by atoms with Gasteiger partial charge in [-0.25, -0.2) is 4.79 Å². The lowest BCUT2D eigenvalue weighted by Gasteiger charge is -2.18. The first kappa shape index (κ1) is 15.2. The highest BCUT2D eigenvalue weighted by atomic mass is 16.4. The molecule has 0 aliphatic heterocycles. The maximum atomic E-state index is 12.1. The molecule has 1 N–H and O–H groups in total. The highest BCUT2D eigenvalue weighted by molar-refractivity contribution is 6.49. The molecule has 0 amide bonds. The summed E-state index contributed by atoms with van der Waals surface area (Å²) >= 11 is 0. The summed E-state index contributed by atoms with van der Waals surface area (Å²) in [5, 5.41) is 21.1. The number of aliphatic carboxylic acids is 1. The number of carbonyl (C=O) groups is 3. The molecule has 9 nitrogen and oxygen atoms in total. The maximum Gasteiger partial charge on any atom is 0.333 e. The summed E-state index contributed by atoms with van der Waals surface area (Å²) in [5.41, 5.74) is -3.65. The van der Waals surface area contributed by atoms with Gasteiger partial charge in [-0.3, -0.25) is 23.5 Å². The minimum atomic E-state index is -1.80. The molecule has 0 bridgehead atoms. The molecule has 0 unspecified atom stereocenters. The Kier molecular flexibility index (Phi) is 3.41. The SMILES string of the molecule is Cn1c(O)c(C2=CC(=O)C(=O)C=C2C(=O)[O-])c(=O)n(C)c1=O. The van der Waals surface area contributed by atoms with E-state index < -0.39 is 51.4 Å². The second-order valence-electron chi connectivity index (χ2n) is 4.54. The third kappa shape index (κ3) is 2.08. The van der Waals surface area contributed by atoms with Gasteiger partial charge in [-0.2, -0.15) is 0 Å². The van der Waals surface area contributed by atoms with Crippen molar-refractivity contribution in [3.63, 3.8) is 0 Å². The number of rotatable bonds is 2. The van der Waals surface area contributed by atoms with Crippen LogP contribution in [0, 0.1) is 0 Å². The molecule has 0 saturated heterocycles. The number of carboxylic acid groups (broad SMARTS) is 1. The molecule has 1 aromatic heterocycles. The first-order valence-corrected chi connectivity index (χ1v) is 5.89. The number of carboxylic acids is 1. The minimum Gasteiger partial charge on any atom is -0.545 e. The molecule has 22 heavy (non-hydrogen) atoms. The van der Waals surface area contributed by atoms with E-state index in [0.29, 0.717) is 21.3 Å². The fourth-order valence-corrected chi connectivity index (χ4v) is 2.00. The van der Waals surface area contributed by atoms with E-state index in [9.17, 15) is 34.2 Å². The van der Waals surface area contributed by atoms with Crippen LogP contribution in [0.15, 0.2) is 27.3 Å². The number of nitrogens with zero attached hydrogens (tertiary/aromatic N) is 2. The molecule has 0 spiro atoms. The molecule has 114 valence electrons. The fraction of sp³-hybridized carbons (Fsp3) is 0.154. The molecule has 1 aliphatic rings. The molecule has 1 heterocycles. The maximum absolute atomic E-state index is 12.1. The minimum absolute atomic E-state index is 0.488. The van der Waals surface area contributed by atoms with Crippen molar-refractivity contribution in [1.29, 1.82) is 0 Å². The highest BCUT2D eigenvalue weighted by Gasteiger charge is 2.27. The van der Waals surface area contributed by atoms with Crippen molar-refractivity contribution in [3.05, 3.63) is 44.1 Å². The van der Waals surface area contributed by atoms with Crippen molar-refractivity contribution >= 4 is 23.1 Å². The van der Waals surface area contributed by atoms with Gasteiger partial charge in [0.2, 0.25) is 17.4 Å². The summed E-state index contributed by atoms with van der Waals surface area (Å²) < 4.78 is 1.33. The Hall–Kier alpha value is -3.23. The first-order chi connectivity index (χ1) is 10.2. The number of hydrogen-bond donors (Lipinski definition) is 1. The van der Waals surface area contributed by atoms with Crippen molar-refractivity contribution in [3.8, 4) is 5.88 Å². The molecular formula is C13H9N2O7-. The van der Waals surface area contributed by atoms with Crippen LogP contribution in [0.25, 0.3) is 5.57 Å². The smallest absolute Gasteiger partial charge is 0.333 e. The van der Waals surface area contributed by atoms with E-state index in [4.69, 9.17) is 0 Å². The lowest BCUT2D eigenvalue weighted by molar-refractivity contribution is -0.298. The standard InChI is InChI=1S/C13H10N2O7/c1-14-10(18)9(11(19)15(2)13(14)22)5-3-7(16)8(17)4-6(5)12(20)21/h3-4,18H,1-2H3,(H,20,21)/p-1. The lowest BCUT2D eigenvalue weighted by atomic mass is 9.91. The van der Waals surface area contributed by atoms with Crippen LogP contribution in [0.4, 0.5) is 0 Å². The van der Waals surface area contributed by atoms with Gasteiger partial charge < -0.3 is 15.0 Å². The molecular weight excluding hydrogens is 296 g/mol. The Labute approximate surface area is 122 Å². The molecule has 1 aromatic rings. The van der Waals surface area contributed by atoms with E-state index >= 15 is 0 Å². The first-order valence-electron chi connectivity index (χ1n) is 5.89. The molecule has 2 rings (SSSR count). The van der Waals surface area contributed by atoms with Gasteiger partial charge in [0.05, 0.1) is 5.97 Å². The van der Waals surface area contributed by atoms with Crippen LogP contribution in [0.5, 0.6) is 5.88 Å². The van der Waals surface area contributed by atoms with Crippen LogP contribution in [0.1, 0.15) is 5.56 Å². The molecule has 9 heteroatoms. The van der Waals surface area contributed by atoms with E-state index in [1.807, 2.05) is 0 Å². The van der Waals surface area contributed by atoms with Crippen molar-refractivity contribution in [1.82, 2.24) is 9.13 Å². The molecule has 1 aliphatic carbocycles. The van der Waals surface area contributed by atoms with Gasteiger partial charge in [-0.15, -0.1) is 0 Å². The zero-order chi connectivity index (χ0) is 16.8. The van der Waals surface area contributed by atoms with Crippen molar-refractivity contribution in [2.24, 2.45) is 14.1 Å². The van der Waals surface area contributed by atoms with Gasteiger partial charge in [0.1, 0.15) is 5.56 Å². The largest absolute Gasteiger partial charge is 0.545 e. The second-order valence-corrected chi connectivity index (χ2v) is 4.54. The Morgan fingerprint density at radius 1 is 1.05 bits per heavy atom. The number of carbonyl (C=O) groups excluding carboxylic acids is 3. The highest BCUT2D eigenvalue weighted by Crippen LogP contribution is 2.28. The number of aromatic hydroxyl groups is 1. The van der Waals surface area contributed by atoms with E-state index in [-0.39, 0.29) is 0 Å². The number of ketones is 2. The summed E-state index contributed by atoms with van der Waals surface area (Å²) in [7, 11) is 2.27. The van der Waals surface area contributed by atoms with E-state index in [2.05, 4.69) is 0 Å². The van der Waals surface area contributed by atoms with Gasteiger partial charge in [0.15, 0.2) is 0 Å². The molecule has 0 aromatic carbocycles. The van der Waals surface area contributed by atoms with Crippen LogP contribution in [-0.2, 0) is 28.5 Å². The Bertz CT molecular complexity index is 912. The summed E-state index contributed by atoms with van der Waals surface area (Å²) in [6.07, 6.45) is 1.13. The van der Waals surface area contributed by atoms with E-state index in [1.54, 1.807) is 0 Å². The third-order valence-corrected chi connectivity index (χ3v) is 3.21. The summed E-state index contributed by atoms with van der Waals surface area (Å²) in [4.78, 5) is 57.6. The zero-order valence-corrected chi connectivity index (χ0v) is 11.4. The quantitative estimate of drug-likeness (QED) is 0.454. The molecule has 0 radical (unpaired) electrons. The summed E-state index contributed by atoms with van der Waals surface area (Å²) in [6, 6.07) is 0. The number of allylic oxidation sites excluding steroid dienone is 2. The Balaban J connectivity index is 2.90. The van der Waals surface area contributed by atoms with E-state index in [1.165, 1.54) is 0 Å². The fourth-order valence-electron chi connectivity index (χ4n) is 2.00. The van der Waals surface area contributed by atoms with Crippen LogP contribution in [0.2, 0.25) is 0 Å². The van der Waals surface area contributed by atoms with Crippen LogP contribution < -0.4 is 16.4 Å². The van der Waals surface area contributed by atoms with E-state index in [0.717, 1.165) is 14.1 Å². The predicted octanol–water partition coefficient (Wildman–Crippen LogP) is -3.00. The number of hydrogen-bond acceptors (Lipinski definition) is 7. The third-order valence-electron chi connectivity index (χ3n) is 3.21. The molecule has 0 saturated carbocycles. The molecule has 0 fully saturated rings. The van der Waals surface area contributed by atoms with Crippen LogP contribution in [-0.4, -0.2) is 31.8 Å². The predicted molar refractivity (Wildman–Crippen MR) is 69.7 cm³/mol. The van der Waals surface area contributed by atoms with Gasteiger partial charge >= 0.3 is 5.69 Å². The zero-order valence-electron chi connectivity index (χ0n) is 11.4. The molecule has 0 atom stereocenters. The average molecular weight is 305 g/mol. The Morgan fingerprint density at radius 3 is 2.14 bits per heavy atom. The van der Waals surface area contributed by atoms with Gasteiger partial charge in [-0.1, -0.05) is 0 Å². The van der Waals surface area contributed by atoms with Gasteiger partial charge in [0.25, 0.3) is 5.56 Å². The second kappa shape index (κ2) is 4.95. The summed E-state index contributed by atoms with van der Waals surface area (Å²) in [5.74, 6) is -4.78. The Morgan fingerprint density at radius 2 is 1.59 bits per heavy atom. The van der Waals surface area contributed by atoms with Gasteiger partial charge in [-0.05, 0) is 12.2 Å². The normalized spacial score (nSPS) is 14.6. The average Bonchev–Trinajstić information content (AvgIpc) is 2.46. The monoisotopic (exact) mass is 305 g/mol. The van der Waals surface area contributed by atoms with Crippen molar-refractivity contribution in [2.45, 2.75) is 0 Å². The van der Waals surface area contributed by atoms with Gasteiger partial charge in [0, 0.05) is 25.2 Å². The van der Waals surface area contributed by atoms with Crippen molar-refractivity contribution in [2.75, 3.05) is 0 Å². The van der Waals surface area contributed by atoms with Crippen LogP contribution >= 0.6 is 0 Å². The topological polar surface area (TPSA) is 138 Å². The lowest BCUT2D eigenvalue weighted by Crippen LogP contribution is -2.39. The number of aromatic nitrogens is 2. The van der Waals surface area contributed by atoms with Crippen molar-refractivity contribution < 1.29 is 24.6 Å². The van der Waals surface area contributed by atoms with Crippen LogP contribution in [0.3, 0.4) is 0 Å². The summed E-state index contributed by atoms with van der Waals surface area (Å²) in [6.45, 7) is 0.